The summed E-state index contributed by atoms with van der Waals surface area (Å²) < 4.78 is 18.2. The highest BCUT2D eigenvalue weighted by molar-refractivity contribution is 5.68. The maximum atomic E-state index is 6.34. The summed E-state index contributed by atoms with van der Waals surface area (Å²) in [5.41, 5.74) is 3.87. The van der Waals surface area contributed by atoms with Gasteiger partial charge in [0.15, 0.2) is 5.79 Å². The third-order valence-corrected chi connectivity index (χ3v) is 6.13. The molecule has 1 aromatic carbocycles. The number of rotatable bonds is 2. The molecule has 2 aliphatic carbocycles. The van der Waals surface area contributed by atoms with E-state index < -0.39 is 0 Å². The van der Waals surface area contributed by atoms with Crippen LogP contribution in [-0.2, 0) is 21.3 Å². The van der Waals surface area contributed by atoms with E-state index in [1.807, 2.05) is 6.07 Å². The van der Waals surface area contributed by atoms with Gasteiger partial charge in [0.25, 0.3) is 0 Å². The number of fused-ring (bicyclic) bond motifs is 3. The van der Waals surface area contributed by atoms with Crippen LogP contribution in [0.1, 0.15) is 48.8 Å². The summed E-state index contributed by atoms with van der Waals surface area (Å²) in [6, 6.07) is 12.5. The zero-order chi connectivity index (χ0) is 17.6. The van der Waals surface area contributed by atoms with E-state index in [4.69, 9.17) is 13.9 Å². The molecule has 3 heteroatoms. The van der Waals surface area contributed by atoms with Gasteiger partial charge in [-0.05, 0) is 43.0 Å². The number of hydrogen-bond acceptors (Lipinski definition) is 3. The fraction of sp³-hybridized carbons (Fsp3) is 0.391. The van der Waals surface area contributed by atoms with E-state index in [2.05, 4.69) is 55.5 Å². The molecule has 26 heavy (non-hydrogen) atoms. The van der Waals surface area contributed by atoms with Crippen molar-refractivity contribution >= 4 is 12.2 Å². The van der Waals surface area contributed by atoms with E-state index in [0.29, 0.717) is 13.2 Å². The normalized spacial score (nSPS) is 26.7. The lowest BCUT2D eigenvalue weighted by Crippen LogP contribution is -2.43. The van der Waals surface area contributed by atoms with Gasteiger partial charge in [-0.2, -0.15) is 0 Å². The Hall–Kier alpha value is -2.10. The van der Waals surface area contributed by atoms with E-state index >= 15 is 0 Å². The molecule has 0 unspecified atom stereocenters. The molecule has 1 aromatic heterocycles. The van der Waals surface area contributed by atoms with Crippen molar-refractivity contribution < 1.29 is 13.9 Å². The van der Waals surface area contributed by atoms with Crippen LogP contribution >= 0.6 is 0 Å². The molecule has 1 aliphatic heterocycles. The molecule has 0 bridgehead atoms. The van der Waals surface area contributed by atoms with Crippen molar-refractivity contribution in [1.29, 1.82) is 0 Å². The number of ether oxygens (including phenoxy) is 2. The number of hydrogen-bond donors (Lipinski definition) is 0. The van der Waals surface area contributed by atoms with Crippen molar-refractivity contribution in [2.75, 3.05) is 13.2 Å². The van der Waals surface area contributed by atoms with Crippen LogP contribution in [0.5, 0.6) is 0 Å². The SMILES string of the molecule is C[C@]12CCC3(CC1=CCc1cc(/C=C/c4ccccc4)oc12)OCCO3. The van der Waals surface area contributed by atoms with Crippen LogP contribution in [0.15, 0.2) is 52.5 Å². The molecule has 3 aliphatic rings. The van der Waals surface area contributed by atoms with Crippen molar-refractivity contribution in [2.24, 2.45) is 0 Å². The predicted molar refractivity (Wildman–Crippen MR) is 102 cm³/mol. The van der Waals surface area contributed by atoms with Gasteiger partial charge in [0.2, 0.25) is 0 Å². The van der Waals surface area contributed by atoms with Gasteiger partial charge in [-0.15, -0.1) is 0 Å². The minimum Gasteiger partial charge on any atom is -0.460 e. The van der Waals surface area contributed by atoms with Gasteiger partial charge in [0.1, 0.15) is 11.5 Å². The van der Waals surface area contributed by atoms with Gasteiger partial charge in [0, 0.05) is 18.3 Å². The van der Waals surface area contributed by atoms with E-state index in [0.717, 1.165) is 37.2 Å². The number of furan rings is 1. The Bertz CT molecular complexity index is 868. The van der Waals surface area contributed by atoms with Crippen molar-refractivity contribution in [3.05, 3.63) is 70.7 Å². The highest BCUT2D eigenvalue weighted by Gasteiger charge is 2.50. The molecule has 0 amide bonds. The van der Waals surface area contributed by atoms with Crippen LogP contribution in [0.2, 0.25) is 0 Å². The average molecular weight is 348 g/mol. The first-order valence-corrected chi connectivity index (χ1v) is 9.51. The summed E-state index contributed by atoms with van der Waals surface area (Å²) in [7, 11) is 0. The molecular weight excluding hydrogens is 324 g/mol. The van der Waals surface area contributed by atoms with Crippen molar-refractivity contribution in [3.8, 4) is 0 Å². The summed E-state index contributed by atoms with van der Waals surface area (Å²) in [6.07, 6.45) is 10.3. The lowest BCUT2D eigenvalue weighted by molar-refractivity contribution is -0.173. The summed E-state index contributed by atoms with van der Waals surface area (Å²) in [5, 5.41) is 0. The summed E-state index contributed by atoms with van der Waals surface area (Å²) in [5.74, 6) is 1.69. The number of allylic oxidation sites excluding steroid dienone is 1. The molecular formula is C23H24O3. The van der Waals surface area contributed by atoms with Gasteiger partial charge < -0.3 is 13.9 Å². The molecule has 0 radical (unpaired) electrons. The monoisotopic (exact) mass is 348 g/mol. The minimum absolute atomic E-state index is 0.0347. The first kappa shape index (κ1) is 16.1. The van der Waals surface area contributed by atoms with E-state index in [9.17, 15) is 0 Å². The smallest absolute Gasteiger partial charge is 0.172 e. The fourth-order valence-corrected chi connectivity index (χ4v) is 4.60. The van der Waals surface area contributed by atoms with Gasteiger partial charge >= 0.3 is 0 Å². The largest absolute Gasteiger partial charge is 0.460 e. The average Bonchev–Trinajstić information content (AvgIpc) is 3.30. The lowest BCUT2D eigenvalue weighted by atomic mass is 9.65. The van der Waals surface area contributed by atoms with Crippen LogP contribution in [-0.4, -0.2) is 19.0 Å². The zero-order valence-corrected chi connectivity index (χ0v) is 15.2. The molecule has 0 N–H and O–H groups in total. The molecule has 1 saturated carbocycles. The predicted octanol–water partition coefficient (Wildman–Crippen LogP) is 5.12. The summed E-state index contributed by atoms with van der Waals surface area (Å²) in [4.78, 5) is 0. The molecule has 134 valence electrons. The Labute approximate surface area is 154 Å². The van der Waals surface area contributed by atoms with Crippen LogP contribution in [0, 0.1) is 0 Å². The third kappa shape index (κ3) is 2.58. The zero-order valence-electron chi connectivity index (χ0n) is 15.2. The Balaban J connectivity index is 1.43. The van der Waals surface area contributed by atoms with Crippen molar-refractivity contribution in [3.63, 3.8) is 0 Å². The maximum absolute atomic E-state index is 6.34. The topological polar surface area (TPSA) is 31.6 Å². The van der Waals surface area contributed by atoms with Crippen LogP contribution in [0.3, 0.4) is 0 Å². The van der Waals surface area contributed by atoms with Crippen LogP contribution in [0.25, 0.3) is 12.2 Å². The van der Waals surface area contributed by atoms with E-state index in [1.165, 1.54) is 16.7 Å². The summed E-state index contributed by atoms with van der Waals surface area (Å²) in [6.45, 7) is 3.74. The van der Waals surface area contributed by atoms with Crippen LogP contribution in [0.4, 0.5) is 0 Å². The van der Waals surface area contributed by atoms with Gasteiger partial charge in [-0.25, -0.2) is 0 Å². The van der Waals surface area contributed by atoms with Crippen LogP contribution < -0.4 is 0 Å². The van der Waals surface area contributed by atoms with Crippen molar-refractivity contribution in [1.82, 2.24) is 0 Å². The third-order valence-electron chi connectivity index (χ3n) is 6.13. The molecule has 2 fully saturated rings. The standard InChI is InChI=1S/C23H24O3/c1-22-11-12-23(24-13-14-25-23)16-19(22)9-8-18-15-20(26-21(18)22)10-7-17-5-3-2-4-6-17/h2-7,9-10,15H,8,11-14,16H2,1H3/b10-7+/t22-/m0/s1. The Kier molecular flexibility index (Phi) is 3.70. The molecule has 1 saturated heterocycles. The molecule has 5 rings (SSSR count). The van der Waals surface area contributed by atoms with Gasteiger partial charge in [-0.1, -0.05) is 48.1 Å². The quantitative estimate of drug-likeness (QED) is 0.706. The summed E-state index contributed by atoms with van der Waals surface area (Å²) >= 11 is 0. The molecule has 2 heterocycles. The molecule has 1 spiro atoms. The first-order valence-electron chi connectivity index (χ1n) is 9.51. The minimum atomic E-state index is -0.383. The highest BCUT2D eigenvalue weighted by atomic mass is 16.7. The van der Waals surface area contributed by atoms with E-state index in [-0.39, 0.29) is 11.2 Å². The molecule has 3 nitrogen and oxygen atoms in total. The highest BCUT2D eigenvalue weighted by Crippen LogP contribution is 2.52. The van der Waals surface area contributed by atoms with Gasteiger partial charge in [-0.3, -0.25) is 0 Å². The first-order chi connectivity index (χ1) is 12.7. The van der Waals surface area contributed by atoms with Crippen molar-refractivity contribution in [2.45, 2.75) is 43.8 Å². The second-order valence-corrected chi connectivity index (χ2v) is 7.80. The maximum Gasteiger partial charge on any atom is 0.172 e. The Morgan fingerprint density at radius 3 is 2.62 bits per heavy atom. The van der Waals surface area contributed by atoms with E-state index in [1.54, 1.807) is 0 Å². The lowest BCUT2D eigenvalue weighted by Gasteiger charge is -2.44. The Morgan fingerprint density at radius 1 is 1.00 bits per heavy atom. The Morgan fingerprint density at radius 2 is 1.81 bits per heavy atom. The van der Waals surface area contributed by atoms with Gasteiger partial charge in [0.05, 0.1) is 13.2 Å². The fourth-order valence-electron chi connectivity index (χ4n) is 4.60. The second kappa shape index (κ2) is 5.97. The molecule has 1 atom stereocenters. The second-order valence-electron chi connectivity index (χ2n) is 7.80. The molecule has 2 aromatic rings. The number of benzene rings is 1.